The van der Waals surface area contributed by atoms with Gasteiger partial charge in [0.15, 0.2) is 0 Å². The molecule has 26 heavy (non-hydrogen) atoms. The predicted octanol–water partition coefficient (Wildman–Crippen LogP) is 3.48. The van der Waals surface area contributed by atoms with Gasteiger partial charge in [0.25, 0.3) is 0 Å². The number of pyridine rings is 2. The molecule has 0 saturated carbocycles. The third-order valence-electron chi connectivity index (χ3n) is 4.78. The molecule has 0 bridgehead atoms. The quantitative estimate of drug-likeness (QED) is 0.723. The highest BCUT2D eigenvalue weighted by Crippen LogP contribution is 2.23. The molecular formula is C21H22N4O. The van der Waals surface area contributed by atoms with E-state index in [1.54, 1.807) is 13.3 Å². The number of hydrogen-bond donors (Lipinski definition) is 0. The first-order valence-corrected chi connectivity index (χ1v) is 8.84. The van der Waals surface area contributed by atoms with Crippen LogP contribution in [-0.4, -0.2) is 43.3 Å². The van der Waals surface area contributed by atoms with E-state index in [1.165, 1.54) is 5.69 Å². The maximum Gasteiger partial charge on any atom is 0.128 e. The molecule has 0 amide bonds. The fraction of sp³-hybridized carbons (Fsp3) is 0.238. The van der Waals surface area contributed by atoms with Crippen molar-refractivity contribution in [2.24, 2.45) is 0 Å². The molecule has 0 aliphatic carbocycles. The molecule has 1 fully saturated rings. The number of anilines is 2. The fourth-order valence-corrected chi connectivity index (χ4v) is 3.26. The molecule has 0 unspecified atom stereocenters. The van der Waals surface area contributed by atoms with Gasteiger partial charge >= 0.3 is 0 Å². The van der Waals surface area contributed by atoms with Crippen molar-refractivity contribution in [1.82, 2.24) is 9.97 Å². The molecule has 3 heterocycles. The van der Waals surface area contributed by atoms with Gasteiger partial charge in [-0.05, 0) is 42.5 Å². The Hall–Kier alpha value is -3.08. The first-order chi connectivity index (χ1) is 12.8. The second-order valence-corrected chi connectivity index (χ2v) is 6.32. The number of nitrogens with zero attached hydrogens (tertiary/aromatic N) is 4. The van der Waals surface area contributed by atoms with E-state index in [0.717, 1.165) is 48.9 Å². The third kappa shape index (κ3) is 3.47. The van der Waals surface area contributed by atoms with Gasteiger partial charge in [0, 0.05) is 61.6 Å². The van der Waals surface area contributed by atoms with E-state index >= 15 is 0 Å². The van der Waals surface area contributed by atoms with Gasteiger partial charge in [-0.25, -0.2) is 4.98 Å². The highest BCUT2D eigenvalue weighted by Gasteiger charge is 2.18. The molecule has 1 aromatic carbocycles. The molecule has 3 aromatic rings. The normalized spacial score (nSPS) is 14.3. The van der Waals surface area contributed by atoms with E-state index in [9.17, 15) is 0 Å². The highest BCUT2D eigenvalue weighted by molar-refractivity contribution is 5.63. The molecule has 132 valence electrons. The zero-order chi connectivity index (χ0) is 17.8. The van der Waals surface area contributed by atoms with Crippen LogP contribution in [0.5, 0.6) is 5.75 Å². The van der Waals surface area contributed by atoms with Gasteiger partial charge in [-0.2, -0.15) is 0 Å². The molecule has 2 aromatic heterocycles. The maximum absolute atomic E-state index is 5.23. The Labute approximate surface area is 153 Å². The van der Waals surface area contributed by atoms with Crippen LogP contribution in [0.2, 0.25) is 0 Å². The summed E-state index contributed by atoms with van der Waals surface area (Å²) in [6.07, 6.45) is 5.58. The maximum atomic E-state index is 5.23. The number of piperazine rings is 1. The summed E-state index contributed by atoms with van der Waals surface area (Å²) in [6.45, 7) is 3.90. The van der Waals surface area contributed by atoms with Crippen LogP contribution in [0.15, 0.2) is 67.1 Å². The molecule has 1 aliphatic rings. The number of hydrogen-bond acceptors (Lipinski definition) is 5. The topological polar surface area (TPSA) is 41.5 Å². The van der Waals surface area contributed by atoms with Crippen LogP contribution >= 0.6 is 0 Å². The van der Waals surface area contributed by atoms with Gasteiger partial charge in [-0.15, -0.1) is 0 Å². The summed E-state index contributed by atoms with van der Waals surface area (Å²) < 4.78 is 5.23. The lowest BCUT2D eigenvalue weighted by molar-refractivity contribution is 0.415. The number of rotatable bonds is 4. The molecule has 4 rings (SSSR count). The standard InChI is InChI=1S/C21H22N4O/c1-26-20-7-5-19(6-8-20)24-11-13-25(14-12-24)21-9-4-18(16-23-21)17-3-2-10-22-15-17/h2-10,15-16H,11-14H2,1H3. The molecule has 1 aliphatic heterocycles. The van der Waals surface area contributed by atoms with Crippen molar-refractivity contribution >= 4 is 11.5 Å². The second kappa shape index (κ2) is 7.44. The first-order valence-electron chi connectivity index (χ1n) is 8.84. The molecule has 5 nitrogen and oxygen atoms in total. The molecular weight excluding hydrogens is 324 g/mol. The minimum atomic E-state index is 0.894. The Kier molecular flexibility index (Phi) is 4.69. The lowest BCUT2D eigenvalue weighted by Gasteiger charge is -2.36. The van der Waals surface area contributed by atoms with E-state index in [2.05, 4.69) is 50.1 Å². The first kappa shape index (κ1) is 16.4. The van der Waals surface area contributed by atoms with Crippen LogP contribution < -0.4 is 14.5 Å². The van der Waals surface area contributed by atoms with Crippen LogP contribution in [0.25, 0.3) is 11.1 Å². The fourth-order valence-electron chi connectivity index (χ4n) is 3.26. The van der Waals surface area contributed by atoms with Crippen molar-refractivity contribution in [3.8, 4) is 16.9 Å². The summed E-state index contributed by atoms with van der Waals surface area (Å²) in [5.41, 5.74) is 3.43. The lowest BCUT2D eigenvalue weighted by Crippen LogP contribution is -2.46. The van der Waals surface area contributed by atoms with Gasteiger partial charge in [0.1, 0.15) is 11.6 Å². The largest absolute Gasteiger partial charge is 0.497 e. The minimum absolute atomic E-state index is 0.894. The summed E-state index contributed by atoms with van der Waals surface area (Å²) in [4.78, 5) is 13.6. The van der Waals surface area contributed by atoms with Crippen molar-refractivity contribution < 1.29 is 4.74 Å². The number of methoxy groups -OCH3 is 1. The van der Waals surface area contributed by atoms with E-state index in [0.29, 0.717) is 0 Å². The smallest absolute Gasteiger partial charge is 0.128 e. The average Bonchev–Trinajstić information content (AvgIpc) is 2.75. The van der Waals surface area contributed by atoms with Gasteiger partial charge in [-0.1, -0.05) is 6.07 Å². The number of benzene rings is 1. The van der Waals surface area contributed by atoms with Crippen LogP contribution in [0, 0.1) is 0 Å². The Morgan fingerprint density at radius 2 is 1.54 bits per heavy atom. The summed E-state index contributed by atoms with van der Waals surface area (Å²) in [6, 6.07) is 16.5. The Morgan fingerprint density at radius 3 is 2.15 bits per heavy atom. The van der Waals surface area contributed by atoms with Crippen LogP contribution in [0.3, 0.4) is 0 Å². The van der Waals surface area contributed by atoms with E-state index in [-0.39, 0.29) is 0 Å². The minimum Gasteiger partial charge on any atom is -0.497 e. The monoisotopic (exact) mass is 346 g/mol. The van der Waals surface area contributed by atoms with Crippen LogP contribution in [0.1, 0.15) is 0 Å². The zero-order valence-corrected chi connectivity index (χ0v) is 14.9. The van der Waals surface area contributed by atoms with Crippen LogP contribution in [0.4, 0.5) is 11.5 Å². The molecule has 5 heteroatoms. The predicted molar refractivity (Wildman–Crippen MR) is 105 cm³/mol. The number of aromatic nitrogens is 2. The molecule has 1 saturated heterocycles. The van der Waals surface area contributed by atoms with Crippen molar-refractivity contribution in [2.75, 3.05) is 43.1 Å². The van der Waals surface area contributed by atoms with Crippen molar-refractivity contribution in [1.29, 1.82) is 0 Å². The SMILES string of the molecule is COc1ccc(N2CCN(c3ccc(-c4cccnc4)cn3)CC2)cc1. The Balaban J connectivity index is 1.40. The average molecular weight is 346 g/mol. The summed E-state index contributed by atoms with van der Waals surface area (Å²) in [7, 11) is 1.69. The molecule has 0 spiro atoms. The number of ether oxygens (including phenoxy) is 1. The van der Waals surface area contributed by atoms with Crippen LogP contribution in [-0.2, 0) is 0 Å². The summed E-state index contributed by atoms with van der Waals surface area (Å²) >= 11 is 0. The molecule has 0 radical (unpaired) electrons. The zero-order valence-electron chi connectivity index (χ0n) is 14.9. The van der Waals surface area contributed by atoms with Crippen molar-refractivity contribution in [3.05, 3.63) is 67.1 Å². The third-order valence-corrected chi connectivity index (χ3v) is 4.78. The Bertz CT molecular complexity index is 826. The van der Waals surface area contributed by atoms with E-state index in [4.69, 9.17) is 4.74 Å². The second-order valence-electron chi connectivity index (χ2n) is 6.32. The summed E-state index contributed by atoms with van der Waals surface area (Å²) in [5, 5.41) is 0. The van der Waals surface area contributed by atoms with Gasteiger partial charge in [-0.3, -0.25) is 4.98 Å². The van der Waals surface area contributed by atoms with E-state index in [1.807, 2.05) is 30.6 Å². The van der Waals surface area contributed by atoms with Gasteiger partial charge in [0.2, 0.25) is 0 Å². The Morgan fingerprint density at radius 1 is 0.808 bits per heavy atom. The van der Waals surface area contributed by atoms with Gasteiger partial charge in [0.05, 0.1) is 7.11 Å². The van der Waals surface area contributed by atoms with E-state index < -0.39 is 0 Å². The van der Waals surface area contributed by atoms with Gasteiger partial charge < -0.3 is 14.5 Å². The molecule has 0 N–H and O–H groups in total. The summed E-state index contributed by atoms with van der Waals surface area (Å²) in [5.74, 6) is 1.93. The lowest BCUT2D eigenvalue weighted by atomic mass is 10.1. The van der Waals surface area contributed by atoms with Crippen molar-refractivity contribution in [3.63, 3.8) is 0 Å². The molecule has 0 atom stereocenters. The highest BCUT2D eigenvalue weighted by atomic mass is 16.5. The van der Waals surface area contributed by atoms with Crippen molar-refractivity contribution in [2.45, 2.75) is 0 Å².